The Kier molecular flexibility index (Phi) is 4.79. The molecule has 1 amide bonds. The highest BCUT2D eigenvalue weighted by atomic mass is 35.5. The first kappa shape index (κ1) is 17.3. The number of H-pyrrole nitrogens is 1. The van der Waals surface area contributed by atoms with Crippen molar-refractivity contribution >= 4 is 40.0 Å². The largest absolute Gasteiger partial charge is 0.482 e. The van der Waals surface area contributed by atoms with E-state index < -0.39 is 0 Å². The Balaban J connectivity index is 1.44. The van der Waals surface area contributed by atoms with Crippen molar-refractivity contribution in [2.45, 2.75) is 25.4 Å². The van der Waals surface area contributed by atoms with Crippen molar-refractivity contribution in [2.75, 3.05) is 6.61 Å². The molecule has 1 saturated carbocycles. The molecular weight excluding hydrogens is 371 g/mol. The summed E-state index contributed by atoms with van der Waals surface area (Å²) in [5.74, 6) is 0.429. The van der Waals surface area contributed by atoms with Gasteiger partial charge in [0.1, 0.15) is 5.75 Å². The Morgan fingerprint density at radius 1 is 1.15 bits per heavy atom. The molecule has 0 spiro atoms. The highest BCUT2D eigenvalue weighted by molar-refractivity contribution is 6.35. The van der Waals surface area contributed by atoms with Crippen LogP contribution in [0.5, 0.6) is 5.75 Å². The molecule has 4 nitrogen and oxygen atoms in total. The van der Waals surface area contributed by atoms with E-state index in [-0.39, 0.29) is 12.5 Å². The number of carbonyl (C=O) groups excluding carboxylic acids is 1. The molecule has 3 aromatic rings. The first-order valence-corrected chi connectivity index (χ1v) is 9.29. The average molecular weight is 389 g/mol. The second-order valence-corrected chi connectivity index (χ2v) is 7.36. The number of nitrogens with one attached hydrogen (secondary N) is 1. The molecule has 0 aliphatic heterocycles. The molecule has 0 atom stereocenters. The number of halogens is 2. The second-order valence-electron chi connectivity index (χ2n) is 6.52. The van der Waals surface area contributed by atoms with Gasteiger partial charge in [0, 0.05) is 29.3 Å². The van der Waals surface area contributed by atoms with Crippen LogP contribution in [0.1, 0.15) is 18.4 Å². The maximum atomic E-state index is 12.7. The van der Waals surface area contributed by atoms with E-state index in [0.717, 1.165) is 23.9 Å². The summed E-state index contributed by atoms with van der Waals surface area (Å²) in [5.41, 5.74) is 2.18. The minimum absolute atomic E-state index is 0.0369. The van der Waals surface area contributed by atoms with E-state index in [9.17, 15) is 4.79 Å². The predicted molar refractivity (Wildman–Crippen MR) is 104 cm³/mol. The van der Waals surface area contributed by atoms with Crippen LogP contribution in [-0.4, -0.2) is 28.4 Å². The molecule has 1 aromatic heterocycles. The molecular formula is C20H18Cl2N2O2. The predicted octanol–water partition coefficient (Wildman–Crippen LogP) is 5.04. The second kappa shape index (κ2) is 7.22. The number of aromatic nitrogens is 1. The summed E-state index contributed by atoms with van der Waals surface area (Å²) >= 11 is 12.0. The molecule has 1 aliphatic rings. The van der Waals surface area contributed by atoms with Crippen molar-refractivity contribution < 1.29 is 9.53 Å². The lowest BCUT2D eigenvalue weighted by Gasteiger charge is -2.23. The van der Waals surface area contributed by atoms with Crippen molar-refractivity contribution in [1.29, 1.82) is 0 Å². The van der Waals surface area contributed by atoms with Crippen LogP contribution in [0.4, 0.5) is 0 Å². The molecule has 0 bridgehead atoms. The Morgan fingerprint density at radius 2 is 2.00 bits per heavy atom. The Hall–Kier alpha value is -2.17. The van der Waals surface area contributed by atoms with Crippen LogP contribution in [0, 0.1) is 0 Å². The van der Waals surface area contributed by atoms with Crippen LogP contribution < -0.4 is 4.74 Å². The number of nitrogens with zero attached hydrogens (tertiary/aromatic N) is 1. The summed E-state index contributed by atoms with van der Waals surface area (Å²) in [6, 6.07) is 13.5. The zero-order valence-electron chi connectivity index (χ0n) is 14.0. The lowest BCUT2D eigenvalue weighted by atomic mass is 10.1. The minimum atomic E-state index is -0.0391. The van der Waals surface area contributed by atoms with Gasteiger partial charge in [-0.05, 0) is 54.1 Å². The summed E-state index contributed by atoms with van der Waals surface area (Å²) in [5, 5.41) is 2.10. The number of hydrogen-bond acceptors (Lipinski definition) is 2. The van der Waals surface area contributed by atoms with Gasteiger partial charge in [0.25, 0.3) is 5.91 Å². The Bertz CT molecular complexity index is 950. The van der Waals surface area contributed by atoms with Crippen molar-refractivity contribution in [3.63, 3.8) is 0 Å². The van der Waals surface area contributed by atoms with E-state index in [2.05, 4.69) is 23.2 Å². The number of amides is 1. The van der Waals surface area contributed by atoms with Gasteiger partial charge in [0.15, 0.2) is 6.61 Å². The van der Waals surface area contributed by atoms with Crippen molar-refractivity contribution in [2.24, 2.45) is 0 Å². The van der Waals surface area contributed by atoms with E-state index in [4.69, 9.17) is 27.9 Å². The number of rotatable bonds is 6. The highest BCUT2D eigenvalue weighted by Crippen LogP contribution is 2.30. The van der Waals surface area contributed by atoms with Gasteiger partial charge in [-0.1, -0.05) is 35.3 Å². The quantitative estimate of drug-likeness (QED) is 0.642. The molecule has 134 valence electrons. The molecule has 1 fully saturated rings. The number of carbonyl (C=O) groups is 1. The van der Waals surface area contributed by atoms with Crippen LogP contribution in [0.25, 0.3) is 10.9 Å². The number of aromatic amines is 1. The summed E-state index contributed by atoms with van der Waals surface area (Å²) in [6.07, 6.45) is 4.00. The van der Waals surface area contributed by atoms with Gasteiger partial charge in [-0.3, -0.25) is 4.79 Å². The first-order valence-electron chi connectivity index (χ1n) is 8.53. The van der Waals surface area contributed by atoms with Gasteiger partial charge in [0.05, 0.1) is 5.02 Å². The number of fused-ring (bicyclic) bond motifs is 1. The van der Waals surface area contributed by atoms with Crippen LogP contribution in [0.3, 0.4) is 0 Å². The molecule has 4 rings (SSSR count). The number of ether oxygens (including phenoxy) is 1. The average Bonchev–Trinajstić information content (AvgIpc) is 3.35. The lowest BCUT2D eigenvalue weighted by Crippen LogP contribution is -2.36. The summed E-state index contributed by atoms with van der Waals surface area (Å²) in [7, 11) is 0. The molecule has 2 aromatic carbocycles. The van der Waals surface area contributed by atoms with Crippen LogP contribution in [-0.2, 0) is 11.3 Å². The molecule has 0 saturated heterocycles. The molecule has 1 heterocycles. The standard InChI is InChI=1S/C20H18Cl2N2O2/c21-15-3-6-19(17(22)10-15)26-12-20(25)24(16-4-5-16)11-13-1-2-14-7-8-23-18(14)9-13/h1-3,6-10,16,23H,4-5,11-12H2. The normalized spacial score (nSPS) is 13.8. The van der Waals surface area contributed by atoms with Gasteiger partial charge in [0.2, 0.25) is 0 Å². The zero-order chi connectivity index (χ0) is 18.1. The van der Waals surface area contributed by atoms with Crippen molar-refractivity contribution in [3.8, 4) is 5.75 Å². The molecule has 0 radical (unpaired) electrons. The lowest BCUT2D eigenvalue weighted by molar-refractivity contribution is -0.134. The molecule has 0 unspecified atom stereocenters. The van der Waals surface area contributed by atoms with Gasteiger partial charge in [-0.2, -0.15) is 0 Å². The molecule has 1 N–H and O–H groups in total. The monoisotopic (exact) mass is 388 g/mol. The Labute approximate surface area is 161 Å². The van der Waals surface area contributed by atoms with Gasteiger partial charge in [-0.15, -0.1) is 0 Å². The fraction of sp³-hybridized carbons (Fsp3) is 0.250. The summed E-state index contributed by atoms with van der Waals surface area (Å²) in [6.45, 7) is 0.540. The summed E-state index contributed by atoms with van der Waals surface area (Å²) in [4.78, 5) is 17.8. The molecule has 26 heavy (non-hydrogen) atoms. The Morgan fingerprint density at radius 3 is 2.77 bits per heavy atom. The number of hydrogen-bond donors (Lipinski definition) is 1. The minimum Gasteiger partial charge on any atom is -0.482 e. The third kappa shape index (κ3) is 3.81. The van der Waals surface area contributed by atoms with Crippen LogP contribution in [0.2, 0.25) is 10.0 Å². The van der Waals surface area contributed by atoms with E-state index in [1.807, 2.05) is 17.2 Å². The highest BCUT2D eigenvalue weighted by Gasteiger charge is 2.32. The molecule has 6 heteroatoms. The third-order valence-corrected chi connectivity index (χ3v) is 5.06. The van der Waals surface area contributed by atoms with E-state index in [1.54, 1.807) is 18.2 Å². The topological polar surface area (TPSA) is 45.3 Å². The van der Waals surface area contributed by atoms with Gasteiger partial charge < -0.3 is 14.6 Å². The third-order valence-electron chi connectivity index (χ3n) is 4.53. The SMILES string of the molecule is O=C(COc1ccc(Cl)cc1Cl)N(Cc1ccc2cc[nH]c2c1)C1CC1. The van der Waals surface area contributed by atoms with Crippen LogP contribution in [0.15, 0.2) is 48.7 Å². The maximum Gasteiger partial charge on any atom is 0.261 e. The number of benzene rings is 2. The maximum absolute atomic E-state index is 12.7. The summed E-state index contributed by atoms with van der Waals surface area (Å²) < 4.78 is 5.62. The van der Waals surface area contributed by atoms with E-state index >= 15 is 0 Å². The van der Waals surface area contributed by atoms with Crippen molar-refractivity contribution in [1.82, 2.24) is 9.88 Å². The van der Waals surface area contributed by atoms with Gasteiger partial charge in [-0.25, -0.2) is 0 Å². The zero-order valence-corrected chi connectivity index (χ0v) is 15.6. The first-order chi connectivity index (χ1) is 12.6. The van der Waals surface area contributed by atoms with Gasteiger partial charge >= 0.3 is 0 Å². The van der Waals surface area contributed by atoms with E-state index in [0.29, 0.717) is 28.4 Å². The smallest absolute Gasteiger partial charge is 0.261 e. The van der Waals surface area contributed by atoms with Crippen LogP contribution >= 0.6 is 23.2 Å². The molecule has 1 aliphatic carbocycles. The fourth-order valence-corrected chi connectivity index (χ4v) is 3.47. The van der Waals surface area contributed by atoms with Crippen molar-refractivity contribution in [3.05, 3.63) is 64.3 Å². The fourth-order valence-electron chi connectivity index (χ4n) is 3.01. The van der Waals surface area contributed by atoms with E-state index in [1.165, 1.54) is 5.39 Å².